The third-order valence-corrected chi connectivity index (χ3v) is 4.01. The molecule has 0 saturated carbocycles. The molecule has 0 radical (unpaired) electrons. The van der Waals surface area contributed by atoms with Crippen LogP contribution in [0.2, 0.25) is 0 Å². The topological polar surface area (TPSA) is 72.8 Å². The van der Waals surface area contributed by atoms with Gasteiger partial charge in [-0.15, -0.1) is 0 Å². The molecule has 7 heteroatoms. The Morgan fingerprint density at radius 1 is 1.24 bits per heavy atom. The fraction of sp³-hybridized carbons (Fsp3) is 0.100. The summed E-state index contributed by atoms with van der Waals surface area (Å²) in [5, 5.41) is 7.41. The van der Waals surface area contributed by atoms with Crippen molar-refractivity contribution in [1.29, 1.82) is 0 Å². The zero-order chi connectivity index (χ0) is 12.3. The van der Waals surface area contributed by atoms with Crippen LogP contribution >= 0.6 is 15.9 Å². The van der Waals surface area contributed by atoms with Gasteiger partial charge in [0, 0.05) is 16.9 Å². The van der Waals surface area contributed by atoms with E-state index in [1.54, 1.807) is 18.2 Å². The Balaban J connectivity index is 2.29. The number of rotatable bonds is 3. The highest BCUT2D eigenvalue weighted by Crippen LogP contribution is 2.15. The number of nitrogens with zero attached hydrogens (tertiary/aromatic N) is 3. The van der Waals surface area contributed by atoms with Crippen molar-refractivity contribution in [2.75, 3.05) is 0 Å². The molecule has 0 bridgehead atoms. The maximum Gasteiger partial charge on any atom is 0.201 e. The Hall–Kier alpha value is -1.34. The van der Waals surface area contributed by atoms with Crippen LogP contribution in [0.15, 0.2) is 46.2 Å². The monoisotopic (exact) mass is 313 g/mol. The Labute approximate surface area is 107 Å². The minimum absolute atomic E-state index is 0.0337. The lowest BCUT2D eigenvalue weighted by Crippen LogP contribution is -2.08. The largest absolute Gasteiger partial charge is 0.244 e. The van der Waals surface area contributed by atoms with Gasteiger partial charge in [-0.05, 0) is 40.2 Å². The summed E-state index contributed by atoms with van der Waals surface area (Å²) in [6, 6.07) is 6.35. The van der Waals surface area contributed by atoms with Crippen LogP contribution in [0.1, 0.15) is 5.69 Å². The third-order valence-electron chi connectivity index (χ3n) is 1.98. The molecular formula is C10H8BrN3O2S. The van der Waals surface area contributed by atoms with Gasteiger partial charge < -0.3 is 0 Å². The number of hydrogen-bond acceptors (Lipinski definition) is 5. The molecule has 2 aromatic heterocycles. The van der Waals surface area contributed by atoms with Crippen LogP contribution in [0.4, 0.5) is 0 Å². The van der Waals surface area contributed by atoms with Crippen LogP contribution < -0.4 is 0 Å². The molecule has 0 unspecified atom stereocenters. The van der Waals surface area contributed by atoms with E-state index in [0.717, 1.165) is 4.47 Å². The van der Waals surface area contributed by atoms with Crippen LogP contribution in [0.25, 0.3) is 0 Å². The zero-order valence-corrected chi connectivity index (χ0v) is 11.0. The first-order valence-corrected chi connectivity index (χ1v) is 7.13. The summed E-state index contributed by atoms with van der Waals surface area (Å²) in [6.45, 7) is 0. The maximum absolute atomic E-state index is 12.0. The van der Waals surface area contributed by atoms with E-state index in [2.05, 4.69) is 31.1 Å². The van der Waals surface area contributed by atoms with Crippen molar-refractivity contribution in [3.63, 3.8) is 0 Å². The molecule has 5 nitrogen and oxygen atoms in total. The van der Waals surface area contributed by atoms with E-state index in [-0.39, 0.29) is 10.8 Å². The molecule has 0 saturated heterocycles. The Kier molecular flexibility index (Phi) is 3.49. The summed E-state index contributed by atoms with van der Waals surface area (Å²) in [7, 11) is -3.46. The zero-order valence-electron chi connectivity index (χ0n) is 8.62. The van der Waals surface area contributed by atoms with Crippen LogP contribution in [0, 0.1) is 0 Å². The number of halogens is 1. The van der Waals surface area contributed by atoms with Gasteiger partial charge in [0.05, 0.1) is 5.69 Å². The standard InChI is InChI=1S/C10H8BrN3O2S/c11-8-3-4-10(12-6-8)17(15,16)7-9-2-1-5-13-14-9/h1-6H,7H2. The second-order valence-corrected chi connectivity index (χ2v) is 6.14. The molecule has 88 valence electrons. The first-order chi connectivity index (χ1) is 8.08. The van der Waals surface area contributed by atoms with Gasteiger partial charge in [0.25, 0.3) is 0 Å². The quantitative estimate of drug-likeness (QED) is 0.860. The van der Waals surface area contributed by atoms with E-state index in [1.807, 2.05) is 0 Å². The van der Waals surface area contributed by atoms with Gasteiger partial charge >= 0.3 is 0 Å². The molecule has 0 fully saturated rings. The van der Waals surface area contributed by atoms with Crippen molar-refractivity contribution in [1.82, 2.24) is 15.2 Å². The van der Waals surface area contributed by atoms with Gasteiger partial charge in [-0.2, -0.15) is 10.2 Å². The number of sulfone groups is 1. The Morgan fingerprint density at radius 2 is 2.06 bits per heavy atom. The van der Waals surface area contributed by atoms with E-state index in [4.69, 9.17) is 0 Å². The third kappa shape index (κ3) is 3.07. The van der Waals surface area contributed by atoms with Gasteiger partial charge in [0.2, 0.25) is 9.84 Å². The molecule has 0 aliphatic carbocycles. The average Bonchev–Trinajstić information content (AvgIpc) is 2.30. The molecule has 17 heavy (non-hydrogen) atoms. The minimum Gasteiger partial charge on any atom is -0.244 e. The van der Waals surface area contributed by atoms with Gasteiger partial charge in [-0.3, -0.25) is 0 Å². The second kappa shape index (κ2) is 4.89. The first kappa shape index (κ1) is 12.1. The predicted octanol–water partition coefficient (Wildman–Crippen LogP) is 1.61. The minimum atomic E-state index is -3.46. The van der Waals surface area contributed by atoms with Crippen LogP contribution in [0.3, 0.4) is 0 Å². The van der Waals surface area contributed by atoms with Crippen molar-refractivity contribution < 1.29 is 8.42 Å². The lowest BCUT2D eigenvalue weighted by molar-refractivity contribution is 0.590. The van der Waals surface area contributed by atoms with Crippen molar-refractivity contribution >= 4 is 25.8 Å². The van der Waals surface area contributed by atoms with Gasteiger partial charge in [0.15, 0.2) is 5.03 Å². The molecule has 0 aliphatic heterocycles. The number of hydrogen-bond donors (Lipinski definition) is 0. The molecule has 2 aromatic rings. The van der Waals surface area contributed by atoms with E-state index >= 15 is 0 Å². The number of pyridine rings is 1. The Bertz CT molecular complexity index is 599. The maximum atomic E-state index is 12.0. The highest BCUT2D eigenvalue weighted by Gasteiger charge is 2.17. The lowest BCUT2D eigenvalue weighted by Gasteiger charge is -2.02. The fourth-order valence-corrected chi connectivity index (χ4v) is 2.64. The van der Waals surface area contributed by atoms with Crippen LogP contribution in [-0.4, -0.2) is 23.6 Å². The number of aromatic nitrogens is 3. The summed E-state index contributed by atoms with van der Waals surface area (Å²) in [4.78, 5) is 3.86. The van der Waals surface area contributed by atoms with E-state index < -0.39 is 9.84 Å². The normalized spacial score (nSPS) is 11.4. The average molecular weight is 314 g/mol. The van der Waals surface area contributed by atoms with Gasteiger partial charge in [-0.1, -0.05) is 0 Å². The highest BCUT2D eigenvalue weighted by atomic mass is 79.9. The Morgan fingerprint density at radius 3 is 2.65 bits per heavy atom. The van der Waals surface area contributed by atoms with Crippen molar-refractivity contribution in [2.24, 2.45) is 0 Å². The molecule has 0 spiro atoms. The van der Waals surface area contributed by atoms with E-state index in [1.165, 1.54) is 18.5 Å². The molecule has 0 N–H and O–H groups in total. The molecule has 0 atom stereocenters. The SMILES string of the molecule is O=S(=O)(Cc1cccnn1)c1ccc(Br)cn1. The molecule has 0 aliphatic rings. The van der Waals surface area contributed by atoms with E-state index in [0.29, 0.717) is 5.69 Å². The van der Waals surface area contributed by atoms with Crippen molar-refractivity contribution in [3.05, 3.63) is 46.8 Å². The molecule has 0 amide bonds. The highest BCUT2D eigenvalue weighted by molar-refractivity contribution is 9.10. The van der Waals surface area contributed by atoms with Crippen LogP contribution in [-0.2, 0) is 15.6 Å². The van der Waals surface area contributed by atoms with E-state index in [9.17, 15) is 8.42 Å². The summed E-state index contributed by atoms with van der Waals surface area (Å²) in [5.41, 5.74) is 0.400. The molecule has 2 heterocycles. The summed E-state index contributed by atoms with van der Waals surface area (Å²) in [5.74, 6) is -0.199. The molecule has 2 rings (SSSR count). The summed E-state index contributed by atoms with van der Waals surface area (Å²) >= 11 is 3.20. The van der Waals surface area contributed by atoms with Gasteiger partial charge in [-0.25, -0.2) is 13.4 Å². The molecule has 0 aromatic carbocycles. The van der Waals surface area contributed by atoms with Crippen molar-refractivity contribution in [3.8, 4) is 0 Å². The van der Waals surface area contributed by atoms with Crippen LogP contribution in [0.5, 0.6) is 0 Å². The fourth-order valence-electron chi connectivity index (χ4n) is 1.23. The summed E-state index contributed by atoms with van der Waals surface area (Å²) < 4.78 is 24.7. The summed E-state index contributed by atoms with van der Waals surface area (Å²) in [6.07, 6.45) is 2.94. The lowest BCUT2D eigenvalue weighted by atomic mass is 10.4. The smallest absolute Gasteiger partial charge is 0.201 e. The molecular weight excluding hydrogens is 306 g/mol. The first-order valence-electron chi connectivity index (χ1n) is 4.69. The predicted molar refractivity (Wildman–Crippen MR) is 64.9 cm³/mol. The second-order valence-electron chi connectivity index (χ2n) is 3.29. The van der Waals surface area contributed by atoms with Crippen molar-refractivity contribution in [2.45, 2.75) is 10.8 Å². The van der Waals surface area contributed by atoms with Gasteiger partial charge in [0.1, 0.15) is 5.75 Å².